The Kier molecular flexibility index (Phi) is 4.26. The Morgan fingerprint density at radius 3 is 2.57 bits per heavy atom. The fraction of sp³-hybridized carbons (Fsp3) is 0.385. The predicted molar refractivity (Wildman–Crippen MR) is 79.8 cm³/mol. The molecule has 7 nitrogen and oxygen atoms in total. The number of carbonyl (C=O) groups is 2. The molecule has 1 aromatic rings. The fourth-order valence-corrected chi connectivity index (χ4v) is 2.71. The van der Waals surface area contributed by atoms with Gasteiger partial charge in [0.1, 0.15) is 6.04 Å². The maximum Gasteiger partial charge on any atom is 0.270 e. The molecule has 0 spiro atoms. The minimum Gasteiger partial charge on any atom is -0.372 e. The molecule has 1 atom stereocenters. The van der Waals surface area contributed by atoms with Crippen LogP contribution in [0.25, 0.3) is 0 Å². The van der Waals surface area contributed by atoms with Crippen LogP contribution in [0.4, 0.5) is 11.4 Å². The molecule has 2 amide bonds. The number of benzene rings is 1. The first-order chi connectivity index (χ1) is 9.81. The molecular weight excluding hydrogens is 342 g/mol. The van der Waals surface area contributed by atoms with E-state index in [2.05, 4.69) is 21.2 Å². The number of nitro groups is 1. The molecule has 1 fully saturated rings. The summed E-state index contributed by atoms with van der Waals surface area (Å²) in [6, 6.07) is 3.38. The Balaban J connectivity index is 2.18. The van der Waals surface area contributed by atoms with E-state index in [0.29, 0.717) is 10.2 Å². The number of non-ortho nitro benzene ring substituents is 1. The molecule has 2 rings (SSSR count). The molecule has 1 unspecified atom stereocenters. The third-order valence-corrected chi connectivity index (χ3v) is 3.85. The van der Waals surface area contributed by atoms with Gasteiger partial charge in [0.2, 0.25) is 5.91 Å². The monoisotopic (exact) mass is 355 g/mol. The average molecular weight is 356 g/mol. The van der Waals surface area contributed by atoms with E-state index in [4.69, 9.17) is 0 Å². The van der Waals surface area contributed by atoms with E-state index in [1.54, 1.807) is 13.8 Å². The second-order valence-corrected chi connectivity index (χ2v) is 5.87. The third-order valence-electron chi connectivity index (χ3n) is 3.19. The van der Waals surface area contributed by atoms with Crippen molar-refractivity contribution in [2.24, 2.45) is 0 Å². The van der Waals surface area contributed by atoms with Crippen molar-refractivity contribution in [1.29, 1.82) is 0 Å². The summed E-state index contributed by atoms with van der Waals surface area (Å²) in [7, 11) is 0. The van der Waals surface area contributed by atoms with Crippen LogP contribution in [-0.4, -0.2) is 33.7 Å². The summed E-state index contributed by atoms with van der Waals surface area (Å²) in [5, 5.41) is 13.6. The highest BCUT2D eigenvalue weighted by molar-refractivity contribution is 9.10. The first-order valence-corrected chi connectivity index (χ1v) is 7.17. The number of rotatable bonds is 4. The maximum atomic E-state index is 12.2. The summed E-state index contributed by atoms with van der Waals surface area (Å²) in [4.78, 5) is 35.4. The van der Waals surface area contributed by atoms with Crippen molar-refractivity contribution >= 4 is 39.1 Å². The molecule has 1 heterocycles. The van der Waals surface area contributed by atoms with E-state index in [-0.39, 0.29) is 30.0 Å². The second-order valence-electron chi connectivity index (χ2n) is 5.02. The molecule has 0 radical (unpaired) electrons. The van der Waals surface area contributed by atoms with E-state index < -0.39 is 11.0 Å². The molecule has 21 heavy (non-hydrogen) atoms. The molecule has 1 aromatic carbocycles. The molecule has 1 saturated heterocycles. The van der Waals surface area contributed by atoms with Gasteiger partial charge in [-0.25, -0.2) is 0 Å². The number of nitrogens with one attached hydrogen (secondary N) is 1. The number of amides is 2. The molecule has 1 aliphatic heterocycles. The van der Waals surface area contributed by atoms with Gasteiger partial charge in [0.05, 0.1) is 11.3 Å². The van der Waals surface area contributed by atoms with Gasteiger partial charge >= 0.3 is 0 Å². The van der Waals surface area contributed by atoms with Crippen LogP contribution in [0.5, 0.6) is 0 Å². The van der Waals surface area contributed by atoms with Crippen LogP contribution >= 0.6 is 15.9 Å². The molecule has 112 valence electrons. The van der Waals surface area contributed by atoms with E-state index in [1.807, 2.05) is 0 Å². The van der Waals surface area contributed by atoms with Crippen molar-refractivity contribution in [3.05, 3.63) is 32.8 Å². The second kappa shape index (κ2) is 5.80. The third kappa shape index (κ3) is 3.05. The van der Waals surface area contributed by atoms with Crippen molar-refractivity contribution in [3.8, 4) is 0 Å². The van der Waals surface area contributed by atoms with Crippen LogP contribution in [0, 0.1) is 10.1 Å². The van der Waals surface area contributed by atoms with E-state index >= 15 is 0 Å². The zero-order valence-electron chi connectivity index (χ0n) is 11.5. The molecule has 8 heteroatoms. The van der Waals surface area contributed by atoms with Crippen LogP contribution in [0.1, 0.15) is 20.3 Å². The smallest absolute Gasteiger partial charge is 0.270 e. The van der Waals surface area contributed by atoms with Crippen molar-refractivity contribution in [2.75, 3.05) is 5.32 Å². The van der Waals surface area contributed by atoms with E-state index in [0.717, 1.165) is 0 Å². The Hall–Kier alpha value is -1.96. The molecular formula is C13H14BrN3O4. The van der Waals surface area contributed by atoms with Gasteiger partial charge in [0.25, 0.3) is 11.6 Å². The highest BCUT2D eigenvalue weighted by Gasteiger charge is 2.40. The van der Waals surface area contributed by atoms with Gasteiger partial charge in [-0.05, 0) is 35.8 Å². The van der Waals surface area contributed by atoms with Gasteiger partial charge < -0.3 is 5.32 Å². The number of halogens is 1. The van der Waals surface area contributed by atoms with Crippen LogP contribution in [-0.2, 0) is 9.59 Å². The number of imide groups is 1. The summed E-state index contributed by atoms with van der Waals surface area (Å²) in [6.45, 7) is 3.56. The van der Waals surface area contributed by atoms with Gasteiger partial charge in [-0.15, -0.1) is 0 Å². The molecule has 1 aliphatic rings. The van der Waals surface area contributed by atoms with Crippen LogP contribution < -0.4 is 5.32 Å². The zero-order chi connectivity index (χ0) is 15.7. The minimum absolute atomic E-state index is 0.0509. The Bertz CT molecular complexity index is 617. The van der Waals surface area contributed by atoms with Crippen molar-refractivity contribution in [1.82, 2.24) is 4.90 Å². The van der Waals surface area contributed by atoms with Crippen molar-refractivity contribution < 1.29 is 14.5 Å². The summed E-state index contributed by atoms with van der Waals surface area (Å²) in [6.07, 6.45) is 0.0838. The number of nitrogens with zero attached hydrogens (tertiary/aromatic N) is 2. The summed E-state index contributed by atoms with van der Waals surface area (Å²) < 4.78 is 0.472. The van der Waals surface area contributed by atoms with E-state index in [1.165, 1.54) is 23.1 Å². The maximum absolute atomic E-state index is 12.2. The molecule has 0 aliphatic carbocycles. The van der Waals surface area contributed by atoms with Crippen LogP contribution in [0.2, 0.25) is 0 Å². The lowest BCUT2D eigenvalue weighted by Crippen LogP contribution is -2.39. The molecule has 0 saturated carbocycles. The largest absolute Gasteiger partial charge is 0.372 e. The lowest BCUT2D eigenvalue weighted by Gasteiger charge is -2.19. The standard InChI is InChI=1S/C13H14BrN3O4/c1-7(2)16-12(18)6-11(13(16)19)15-10-4-3-8(17(20)21)5-9(10)14/h3-5,7,11,15H,6H2,1-2H3. The van der Waals surface area contributed by atoms with Crippen LogP contribution in [0.15, 0.2) is 22.7 Å². The first kappa shape index (κ1) is 15.4. The SMILES string of the molecule is CC(C)N1C(=O)CC(Nc2ccc([N+](=O)[O-])cc2Br)C1=O. The molecule has 1 N–H and O–H groups in total. The molecule has 0 aromatic heterocycles. The number of carbonyl (C=O) groups excluding carboxylic acids is 2. The Morgan fingerprint density at radius 1 is 1.43 bits per heavy atom. The van der Waals surface area contributed by atoms with E-state index in [9.17, 15) is 19.7 Å². The fourth-order valence-electron chi connectivity index (χ4n) is 2.23. The topological polar surface area (TPSA) is 92.6 Å². The highest BCUT2D eigenvalue weighted by atomic mass is 79.9. The van der Waals surface area contributed by atoms with Gasteiger partial charge in [-0.1, -0.05) is 0 Å². The lowest BCUT2D eigenvalue weighted by atomic mass is 10.2. The van der Waals surface area contributed by atoms with Crippen molar-refractivity contribution in [3.63, 3.8) is 0 Å². The average Bonchev–Trinajstić information content (AvgIpc) is 2.66. The normalized spacial score (nSPS) is 18.5. The van der Waals surface area contributed by atoms with Gasteiger partial charge in [0, 0.05) is 28.3 Å². The molecule has 0 bridgehead atoms. The summed E-state index contributed by atoms with van der Waals surface area (Å²) in [5.41, 5.74) is 0.488. The Labute approximate surface area is 129 Å². The van der Waals surface area contributed by atoms with Gasteiger partial charge in [-0.3, -0.25) is 24.6 Å². The van der Waals surface area contributed by atoms with Gasteiger partial charge in [0.15, 0.2) is 0 Å². The number of anilines is 1. The Morgan fingerprint density at radius 2 is 2.10 bits per heavy atom. The predicted octanol–water partition coefficient (Wildman–Crippen LogP) is 2.31. The number of nitro benzene ring substituents is 1. The summed E-state index contributed by atoms with van der Waals surface area (Å²) in [5.74, 6) is -0.495. The van der Waals surface area contributed by atoms with Crippen LogP contribution in [0.3, 0.4) is 0 Å². The first-order valence-electron chi connectivity index (χ1n) is 6.37. The minimum atomic E-state index is -0.641. The number of hydrogen-bond acceptors (Lipinski definition) is 5. The lowest BCUT2D eigenvalue weighted by molar-refractivity contribution is -0.384. The summed E-state index contributed by atoms with van der Waals surface area (Å²) >= 11 is 3.23. The zero-order valence-corrected chi connectivity index (χ0v) is 13.1. The van der Waals surface area contributed by atoms with Crippen molar-refractivity contribution in [2.45, 2.75) is 32.4 Å². The number of hydrogen-bond donors (Lipinski definition) is 1. The highest BCUT2D eigenvalue weighted by Crippen LogP contribution is 2.29. The quantitative estimate of drug-likeness (QED) is 0.508. The van der Waals surface area contributed by atoms with Gasteiger partial charge in [-0.2, -0.15) is 0 Å². The number of likely N-dealkylation sites (tertiary alicyclic amines) is 1.